The first-order valence-electron chi connectivity index (χ1n) is 8.46. The molecule has 0 aliphatic carbocycles. The van der Waals surface area contributed by atoms with Crippen molar-refractivity contribution in [3.05, 3.63) is 41.5 Å². The van der Waals surface area contributed by atoms with Gasteiger partial charge in [-0.1, -0.05) is 17.3 Å². The summed E-state index contributed by atoms with van der Waals surface area (Å²) in [5, 5.41) is 6.71. The summed E-state index contributed by atoms with van der Waals surface area (Å²) in [6, 6.07) is 8.41. The lowest BCUT2D eigenvalue weighted by atomic mass is 10.2. The molecule has 24 heavy (non-hydrogen) atoms. The van der Waals surface area contributed by atoms with Gasteiger partial charge in [0.1, 0.15) is 0 Å². The number of carbonyl (C=O) groups excluding carboxylic acids is 1. The summed E-state index contributed by atoms with van der Waals surface area (Å²) in [4.78, 5) is 18.3. The smallest absolute Gasteiger partial charge is 0.226 e. The molecule has 0 aliphatic rings. The van der Waals surface area contributed by atoms with Crippen LogP contribution in [0.3, 0.4) is 0 Å². The molecule has 1 heterocycles. The average Bonchev–Trinajstić information content (AvgIpc) is 2.97. The van der Waals surface area contributed by atoms with Crippen LogP contribution in [0.25, 0.3) is 0 Å². The lowest BCUT2D eigenvalue weighted by Crippen LogP contribution is -2.34. The summed E-state index contributed by atoms with van der Waals surface area (Å²) in [7, 11) is 0. The molecule has 6 heteroatoms. The highest BCUT2D eigenvalue weighted by Gasteiger charge is 2.07. The molecule has 1 amide bonds. The predicted molar refractivity (Wildman–Crippen MR) is 94.0 cm³/mol. The van der Waals surface area contributed by atoms with Gasteiger partial charge in [-0.25, -0.2) is 0 Å². The quantitative estimate of drug-likeness (QED) is 0.765. The SMILES string of the molecule is CCN(CCNC(=O)CCCc1nc(C)no1)c1cccc(C)c1. The highest BCUT2D eigenvalue weighted by atomic mass is 16.5. The van der Waals surface area contributed by atoms with Gasteiger partial charge < -0.3 is 14.7 Å². The second-order valence-electron chi connectivity index (χ2n) is 5.86. The topological polar surface area (TPSA) is 71.3 Å². The van der Waals surface area contributed by atoms with Gasteiger partial charge in [0.2, 0.25) is 11.8 Å². The molecule has 0 spiro atoms. The first-order valence-corrected chi connectivity index (χ1v) is 8.46. The van der Waals surface area contributed by atoms with E-state index >= 15 is 0 Å². The first-order chi connectivity index (χ1) is 11.6. The predicted octanol–water partition coefficient (Wildman–Crippen LogP) is 2.65. The molecule has 1 aromatic heterocycles. The molecule has 2 rings (SSSR count). The largest absolute Gasteiger partial charge is 0.370 e. The lowest BCUT2D eigenvalue weighted by molar-refractivity contribution is -0.121. The minimum atomic E-state index is 0.0616. The van der Waals surface area contributed by atoms with E-state index in [1.54, 1.807) is 6.92 Å². The van der Waals surface area contributed by atoms with Crippen LogP contribution in [0.1, 0.15) is 37.0 Å². The number of benzene rings is 1. The van der Waals surface area contributed by atoms with Crippen LogP contribution in [0, 0.1) is 13.8 Å². The summed E-state index contributed by atoms with van der Waals surface area (Å²) in [6.07, 6.45) is 1.82. The Balaban J connectivity index is 1.67. The van der Waals surface area contributed by atoms with E-state index in [0.29, 0.717) is 37.5 Å². The Morgan fingerprint density at radius 1 is 1.33 bits per heavy atom. The molecule has 0 radical (unpaired) electrons. The third-order valence-electron chi connectivity index (χ3n) is 3.82. The highest BCUT2D eigenvalue weighted by molar-refractivity contribution is 5.75. The molecular weight excluding hydrogens is 304 g/mol. The Hall–Kier alpha value is -2.37. The Kier molecular flexibility index (Phi) is 6.78. The number of aryl methyl sites for hydroxylation is 3. The summed E-state index contributed by atoms with van der Waals surface area (Å²) in [5.74, 6) is 1.29. The number of aromatic nitrogens is 2. The van der Waals surface area contributed by atoms with Crippen molar-refractivity contribution in [1.29, 1.82) is 0 Å². The lowest BCUT2D eigenvalue weighted by Gasteiger charge is -2.23. The zero-order valence-corrected chi connectivity index (χ0v) is 14.7. The van der Waals surface area contributed by atoms with Gasteiger partial charge in [0, 0.05) is 38.2 Å². The van der Waals surface area contributed by atoms with Gasteiger partial charge in [0.25, 0.3) is 0 Å². The van der Waals surface area contributed by atoms with Crippen LogP contribution in [0.2, 0.25) is 0 Å². The monoisotopic (exact) mass is 330 g/mol. The van der Waals surface area contributed by atoms with Gasteiger partial charge in [-0.2, -0.15) is 4.98 Å². The zero-order valence-electron chi connectivity index (χ0n) is 14.7. The second kappa shape index (κ2) is 9.05. The van der Waals surface area contributed by atoms with Crippen LogP contribution in [0.15, 0.2) is 28.8 Å². The van der Waals surface area contributed by atoms with Gasteiger partial charge in [-0.3, -0.25) is 4.79 Å². The summed E-state index contributed by atoms with van der Waals surface area (Å²) >= 11 is 0. The third kappa shape index (κ3) is 5.68. The molecule has 0 bridgehead atoms. The average molecular weight is 330 g/mol. The number of hydrogen-bond donors (Lipinski definition) is 1. The van der Waals surface area contributed by atoms with Crippen molar-refractivity contribution in [1.82, 2.24) is 15.5 Å². The van der Waals surface area contributed by atoms with E-state index in [9.17, 15) is 4.79 Å². The highest BCUT2D eigenvalue weighted by Crippen LogP contribution is 2.15. The Morgan fingerprint density at radius 2 is 2.17 bits per heavy atom. The molecule has 0 fully saturated rings. The number of carbonyl (C=O) groups is 1. The van der Waals surface area contributed by atoms with Crippen molar-refractivity contribution in [2.45, 2.75) is 40.0 Å². The van der Waals surface area contributed by atoms with Crippen molar-refractivity contribution >= 4 is 11.6 Å². The van der Waals surface area contributed by atoms with E-state index in [1.165, 1.54) is 11.3 Å². The molecule has 1 aromatic carbocycles. The summed E-state index contributed by atoms with van der Waals surface area (Å²) < 4.78 is 5.03. The fraction of sp³-hybridized carbons (Fsp3) is 0.500. The number of nitrogens with zero attached hydrogens (tertiary/aromatic N) is 3. The zero-order chi connectivity index (χ0) is 17.4. The van der Waals surface area contributed by atoms with Gasteiger partial charge in [0.15, 0.2) is 5.82 Å². The van der Waals surface area contributed by atoms with Gasteiger partial charge >= 0.3 is 0 Å². The molecule has 2 aromatic rings. The van der Waals surface area contributed by atoms with Crippen molar-refractivity contribution < 1.29 is 9.32 Å². The number of nitrogens with one attached hydrogen (secondary N) is 1. The number of likely N-dealkylation sites (N-methyl/N-ethyl adjacent to an activating group) is 1. The van der Waals surface area contributed by atoms with Crippen LogP contribution < -0.4 is 10.2 Å². The number of anilines is 1. The fourth-order valence-corrected chi connectivity index (χ4v) is 2.55. The molecule has 0 saturated carbocycles. The maximum Gasteiger partial charge on any atom is 0.226 e. The van der Waals surface area contributed by atoms with E-state index in [0.717, 1.165) is 13.1 Å². The van der Waals surface area contributed by atoms with Crippen LogP contribution in [-0.4, -0.2) is 35.7 Å². The fourth-order valence-electron chi connectivity index (χ4n) is 2.55. The Bertz CT molecular complexity index is 654. The number of hydrogen-bond acceptors (Lipinski definition) is 5. The van der Waals surface area contributed by atoms with Crippen LogP contribution in [0.5, 0.6) is 0 Å². The van der Waals surface area contributed by atoms with Gasteiger partial charge in [0.05, 0.1) is 0 Å². The Labute approximate surface area is 143 Å². The van der Waals surface area contributed by atoms with E-state index in [4.69, 9.17) is 4.52 Å². The van der Waals surface area contributed by atoms with Gasteiger partial charge in [-0.15, -0.1) is 0 Å². The molecule has 6 nitrogen and oxygen atoms in total. The van der Waals surface area contributed by atoms with Crippen LogP contribution in [-0.2, 0) is 11.2 Å². The molecule has 130 valence electrons. The minimum Gasteiger partial charge on any atom is -0.370 e. The first kappa shape index (κ1) is 18.0. The van der Waals surface area contributed by atoms with Crippen molar-refractivity contribution in [3.8, 4) is 0 Å². The molecular formula is C18H26N4O2. The van der Waals surface area contributed by atoms with E-state index in [-0.39, 0.29) is 5.91 Å². The summed E-state index contributed by atoms with van der Waals surface area (Å²) in [5.41, 5.74) is 2.43. The molecule has 0 atom stereocenters. The minimum absolute atomic E-state index is 0.0616. The maximum absolute atomic E-state index is 11.9. The van der Waals surface area contributed by atoms with Gasteiger partial charge in [-0.05, 0) is 44.9 Å². The van der Waals surface area contributed by atoms with Crippen LogP contribution in [0.4, 0.5) is 5.69 Å². The molecule has 0 saturated heterocycles. The molecule has 1 N–H and O–H groups in total. The normalized spacial score (nSPS) is 10.6. The standard InChI is InChI=1S/C18H26N4O2/c1-4-22(16-8-5-7-14(2)13-16)12-11-19-17(23)9-6-10-18-20-15(3)21-24-18/h5,7-8,13H,4,6,9-12H2,1-3H3,(H,19,23). The number of rotatable bonds is 9. The van der Waals surface area contributed by atoms with E-state index < -0.39 is 0 Å². The van der Waals surface area contributed by atoms with E-state index in [1.807, 2.05) is 0 Å². The van der Waals surface area contributed by atoms with Crippen molar-refractivity contribution in [3.63, 3.8) is 0 Å². The summed E-state index contributed by atoms with van der Waals surface area (Å²) in [6.45, 7) is 8.35. The third-order valence-corrected chi connectivity index (χ3v) is 3.82. The Morgan fingerprint density at radius 3 is 2.83 bits per heavy atom. The van der Waals surface area contributed by atoms with Crippen molar-refractivity contribution in [2.24, 2.45) is 0 Å². The van der Waals surface area contributed by atoms with Crippen molar-refractivity contribution in [2.75, 3.05) is 24.5 Å². The molecule has 0 aliphatic heterocycles. The van der Waals surface area contributed by atoms with Crippen LogP contribution >= 0.6 is 0 Å². The maximum atomic E-state index is 11.9. The number of amides is 1. The second-order valence-corrected chi connectivity index (χ2v) is 5.86. The van der Waals surface area contributed by atoms with E-state index in [2.05, 4.69) is 58.5 Å². The molecule has 0 unspecified atom stereocenters.